The minimum Gasteiger partial charge on any atom is -0.382 e. The van der Waals surface area contributed by atoms with Gasteiger partial charge in [0.2, 0.25) is 0 Å². The Bertz CT molecular complexity index is 590. The molecule has 19 heavy (non-hydrogen) atoms. The number of ether oxygens (including phenoxy) is 1. The fourth-order valence-electron chi connectivity index (χ4n) is 2.55. The lowest BCUT2D eigenvalue weighted by Gasteiger charge is -2.40. The van der Waals surface area contributed by atoms with Gasteiger partial charge in [0.05, 0.1) is 11.1 Å². The highest BCUT2D eigenvalue weighted by Crippen LogP contribution is 2.35. The number of hydrogen-bond donors (Lipinski definition) is 1. The smallest absolute Gasteiger partial charge is 0.0850 e. The van der Waals surface area contributed by atoms with E-state index in [1.807, 2.05) is 31.5 Å². The van der Waals surface area contributed by atoms with Crippen LogP contribution in [0, 0.1) is 0 Å². The number of rotatable bonds is 4. The molecule has 0 amide bonds. The highest BCUT2D eigenvalue weighted by molar-refractivity contribution is 9.10. The van der Waals surface area contributed by atoms with E-state index in [9.17, 15) is 0 Å². The number of nitrogens with zero attached hydrogens (tertiary/aromatic N) is 1. The summed E-state index contributed by atoms with van der Waals surface area (Å²) in [6.07, 6.45) is 5.39. The highest BCUT2D eigenvalue weighted by atomic mass is 79.9. The van der Waals surface area contributed by atoms with E-state index in [0.717, 1.165) is 40.4 Å². The molecule has 1 aliphatic carbocycles. The van der Waals surface area contributed by atoms with E-state index in [2.05, 4.69) is 32.3 Å². The van der Waals surface area contributed by atoms with Gasteiger partial charge >= 0.3 is 0 Å². The third kappa shape index (κ3) is 2.47. The van der Waals surface area contributed by atoms with E-state index < -0.39 is 0 Å². The van der Waals surface area contributed by atoms with Crippen LogP contribution < -0.4 is 5.32 Å². The Morgan fingerprint density at radius 2 is 2.21 bits per heavy atom. The molecule has 1 aliphatic rings. The number of nitrogens with one attached hydrogen (secondary N) is 1. The number of anilines is 1. The molecule has 0 spiro atoms. The monoisotopic (exact) mass is 320 g/mol. The van der Waals surface area contributed by atoms with Gasteiger partial charge in [-0.05, 0) is 43.5 Å². The van der Waals surface area contributed by atoms with Crippen molar-refractivity contribution in [1.82, 2.24) is 4.98 Å². The fraction of sp³-hybridized carbons (Fsp3) is 0.400. The maximum absolute atomic E-state index is 5.64. The van der Waals surface area contributed by atoms with Gasteiger partial charge in [0.25, 0.3) is 0 Å². The van der Waals surface area contributed by atoms with Crippen LogP contribution in [0.2, 0.25) is 0 Å². The Morgan fingerprint density at radius 3 is 2.89 bits per heavy atom. The average molecular weight is 321 g/mol. The molecule has 100 valence electrons. The zero-order valence-electron chi connectivity index (χ0n) is 10.9. The molecular weight excluding hydrogens is 304 g/mol. The van der Waals surface area contributed by atoms with Gasteiger partial charge in [-0.3, -0.25) is 4.98 Å². The molecule has 4 heteroatoms. The molecule has 1 heterocycles. The van der Waals surface area contributed by atoms with E-state index in [1.165, 1.54) is 6.42 Å². The molecule has 2 aromatic rings. The van der Waals surface area contributed by atoms with Gasteiger partial charge in [0, 0.05) is 35.4 Å². The standard InChI is InChI=1S/C15H17BrN2O/c1-19-15(6-2-7-15)10-18-14-5-8-17-13-4-3-11(16)9-12(13)14/h3-5,8-9H,2,6-7,10H2,1H3,(H,17,18). The summed E-state index contributed by atoms with van der Waals surface area (Å²) in [5.41, 5.74) is 2.16. The number of halogens is 1. The van der Waals surface area contributed by atoms with Crippen molar-refractivity contribution in [2.75, 3.05) is 19.0 Å². The zero-order valence-corrected chi connectivity index (χ0v) is 12.5. The second-order valence-electron chi connectivity index (χ2n) is 5.11. The van der Waals surface area contributed by atoms with Crippen molar-refractivity contribution in [1.29, 1.82) is 0 Å². The normalized spacial score (nSPS) is 17.2. The molecular formula is C15H17BrN2O. The summed E-state index contributed by atoms with van der Waals surface area (Å²) in [6, 6.07) is 8.17. The zero-order chi connectivity index (χ0) is 13.3. The minimum atomic E-state index is 0.0294. The lowest BCUT2D eigenvalue weighted by molar-refractivity contribution is -0.0601. The van der Waals surface area contributed by atoms with Crippen LogP contribution in [0.15, 0.2) is 34.9 Å². The summed E-state index contributed by atoms with van der Waals surface area (Å²) in [6.45, 7) is 0.856. The van der Waals surface area contributed by atoms with E-state index in [1.54, 1.807) is 0 Å². The summed E-state index contributed by atoms with van der Waals surface area (Å²) in [5, 5.41) is 4.66. The van der Waals surface area contributed by atoms with Gasteiger partial charge in [-0.25, -0.2) is 0 Å². The second kappa shape index (κ2) is 5.10. The first-order valence-electron chi connectivity index (χ1n) is 6.56. The molecule has 3 nitrogen and oxygen atoms in total. The first kappa shape index (κ1) is 12.9. The van der Waals surface area contributed by atoms with E-state index >= 15 is 0 Å². The summed E-state index contributed by atoms with van der Waals surface area (Å²) in [7, 11) is 1.81. The molecule has 0 radical (unpaired) electrons. The number of benzene rings is 1. The number of fused-ring (bicyclic) bond motifs is 1. The maximum atomic E-state index is 5.64. The Hall–Kier alpha value is -1.13. The molecule has 0 aliphatic heterocycles. The van der Waals surface area contributed by atoms with Gasteiger partial charge in [0.15, 0.2) is 0 Å². The Kier molecular flexibility index (Phi) is 3.46. The van der Waals surface area contributed by atoms with E-state index in [-0.39, 0.29) is 5.60 Å². The molecule has 1 aromatic carbocycles. The number of methoxy groups -OCH3 is 1. The maximum Gasteiger partial charge on any atom is 0.0850 e. The third-order valence-electron chi connectivity index (χ3n) is 4.00. The van der Waals surface area contributed by atoms with Crippen molar-refractivity contribution in [3.05, 3.63) is 34.9 Å². The highest BCUT2D eigenvalue weighted by Gasteiger charge is 2.36. The van der Waals surface area contributed by atoms with Crippen LogP contribution in [0.5, 0.6) is 0 Å². The Balaban J connectivity index is 1.86. The fourth-order valence-corrected chi connectivity index (χ4v) is 2.91. The third-order valence-corrected chi connectivity index (χ3v) is 4.50. The first-order chi connectivity index (χ1) is 9.22. The van der Waals surface area contributed by atoms with Crippen molar-refractivity contribution >= 4 is 32.5 Å². The van der Waals surface area contributed by atoms with E-state index in [0.29, 0.717) is 0 Å². The first-order valence-corrected chi connectivity index (χ1v) is 7.35. The molecule has 1 N–H and O–H groups in total. The summed E-state index contributed by atoms with van der Waals surface area (Å²) >= 11 is 3.52. The van der Waals surface area contributed by atoms with Crippen LogP contribution in [0.3, 0.4) is 0 Å². The van der Waals surface area contributed by atoms with Crippen LogP contribution in [0.25, 0.3) is 10.9 Å². The van der Waals surface area contributed by atoms with Crippen LogP contribution >= 0.6 is 15.9 Å². The van der Waals surface area contributed by atoms with Crippen molar-refractivity contribution in [3.8, 4) is 0 Å². The lowest BCUT2D eigenvalue weighted by atomic mass is 9.80. The van der Waals surface area contributed by atoms with Crippen LogP contribution in [0.4, 0.5) is 5.69 Å². The largest absolute Gasteiger partial charge is 0.382 e. The Morgan fingerprint density at radius 1 is 1.37 bits per heavy atom. The SMILES string of the molecule is COC1(CNc2ccnc3ccc(Br)cc23)CCC1. The number of pyridine rings is 1. The molecule has 0 atom stereocenters. The van der Waals surface area contributed by atoms with Crippen molar-refractivity contribution in [2.24, 2.45) is 0 Å². The van der Waals surface area contributed by atoms with Gasteiger partial charge in [-0.15, -0.1) is 0 Å². The van der Waals surface area contributed by atoms with Crippen molar-refractivity contribution in [2.45, 2.75) is 24.9 Å². The van der Waals surface area contributed by atoms with Crippen molar-refractivity contribution in [3.63, 3.8) is 0 Å². The van der Waals surface area contributed by atoms with Gasteiger partial charge < -0.3 is 10.1 Å². The molecule has 3 rings (SSSR count). The van der Waals surface area contributed by atoms with Crippen LogP contribution in [-0.2, 0) is 4.74 Å². The summed E-state index contributed by atoms with van der Waals surface area (Å²) in [5.74, 6) is 0. The summed E-state index contributed by atoms with van der Waals surface area (Å²) < 4.78 is 6.71. The molecule has 1 fully saturated rings. The average Bonchev–Trinajstić information content (AvgIpc) is 2.38. The van der Waals surface area contributed by atoms with Gasteiger partial charge in [-0.2, -0.15) is 0 Å². The van der Waals surface area contributed by atoms with Gasteiger partial charge in [-0.1, -0.05) is 15.9 Å². The Labute approximate surface area is 121 Å². The number of hydrogen-bond acceptors (Lipinski definition) is 3. The molecule has 1 aromatic heterocycles. The second-order valence-corrected chi connectivity index (χ2v) is 6.03. The molecule has 1 saturated carbocycles. The molecule has 0 unspecified atom stereocenters. The minimum absolute atomic E-state index is 0.0294. The quantitative estimate of drug-likeness (QED) is 0.925. The lowest BCUT2D eigenvalue weighted by Crippen LogP contribution is -2.45. The van der Waals surface area contributed by atoms with Crippen LogP contribution in [-0.4, -0.2) is 24.2 Å². The topological polar surface area (TPSA) is 34.1 Å². The van der Waals surface area contributed by atoms with Crippen molar-refractivity contribution < 1.29 is 4.74 Å². The predicted octanol–water partition coefficient (Wildman–Crippen LogP) is 3.98. The van der Waals surface area contributed by atoms with E-state index in [4.69, 9.17) is 4.74 Å². The predicted molar refractivity (Wildman–Crippen MR) is 81.5 cm³/mol. The molecule has 0 bridgehead atoms. The van der Waals surface area contributed by atoms with Crippen LogP contribution in [0.1, 0.15) is 19.3 Å². The van der Waals surface area contributed by atoms with Gasteiger partial charge in [0.1, 0.15) is 0 Å². The summed E-state index contributed by atoms with van der Waals surface area (Å²) in [4.78, 5) is 4.39. The molecule has 0 saturated heterocycles. The number of aromatic nitrogens is 1.